The summed E-state index contributed by atoms with van der Waals surface area (Å²) in [5.41, 5.74) is 0.213. The average molecular weight is 661 g/mol. The molecule has 2 N–H and O–H groups in total. The topological polar surface area (TPSA) is 159 Å². The number of nitrogens with zero attached hydrogens (tertiary/aromatic N) is 1. The van der Waals surface area contributed by atoms with Gasteiger partial charge in [0.1, 0.15) is 12.6 Å². The van der Waals surface area contributed by atoms with Crippen molar-refractivity contribution in [2.75, 3.05) is 75.8 Å². The van der Waals surface area contributed by atoms with Crippen molar-refractivity contribution in [3.8, 4) is 0 Å². The van der Waals surface area contributed by atoms with Crippen molar-refractivity contribution in [3.05, 3.63) is 29.3 Å². The molecule has 1 aromatic carbocycles. The number of amides is 5. The maximum absolute atomic E-state index is 13.1. The number of fused-ring (bicyclic) bond motifs is 1. The minimum absolute atomic E-state index is 0.00110. The fraction of sp³-hybridized carbons (Fsp3) is 0.560. The lowest BCUT2D eigenvalue weighted by Crippen LogP contribution is -2.54. The van der Waals surface area contributed by atoms with Gasteiger partial charge in [0.05, 0.1) is 76.3 Å². The summed E-state index contributed by atoms with van der Waals surface area (Å²) in [6.45, 7) is 3.65. The zero-order valence-corrected chi connectivity index (χ0v) is 23.6. The van der Waals surface area contributed by atoms with Crippen LogP contribution in [0.2, 0.25) is 0 Å². The monoisotopic (exact) mass is 661 g/mol. The predicted molar refractivity (Wildman–Crippen MR) is 145 cm³/mol. The Morgan fingerprint density at radius 3 is 2.05 bits per heavy atom. The van der Waals surface area contributed by atoms with E-state index in [0.29, 0.717) is 39.6 Å². The zero-order chi connectivity index (χ0) is 28.0. The number of ether oxygens (including phenoxy) is 5. The summed E-state index contributed by atoms with van der Waals surface area (Å²) in [5.74, 6) is -3.03. The van der Waals surface area contributed by atoms with Gasteiger partial charge in [-0.25, -0.2) is 0 Å². The van der Waals surface area contributed by atoms with Crippen molar-refractivity contribution < 1.29 is 47.7 Å². The van der Waals surface area contributed by atoms with Crippen molar-refractivity contribution >= 4 is 57.8 Å². The van der Waals surface area contributed by atoms with E-state index in [9.17, 15) is 24.0 Å². The van der Waals surface area contributed by atoms with E-state index in [2.05, 4.69) is 33.2 Å². The van der Waals surface area contributed by atoms with Crippen LogP contribution < -0.4 is 10.6 Å². The van der Waals surface area contributed by atoms with E-state index in [0.717, 1.165) is 15.9 Å². The Hall–Kier alpha value is -2.50. The summed E-state index contributed by atoms with van der Waals surface area (Å²) in [5, 5.41) is 4.73. The molecule has 2 aliphatic rings. The van der Waals surface area contributed by atoms with E-state index in [1.54, 1.807) is 0 Å². The Balaban J connectivity index is 1.31. The SMILES string of the molecule is O=C1CCC(N2C(=O)c3cccc(NC(=O)COCCOCCOCCOCCOCCI)c3C2=O)C(=O)N1. The first-order valence-corrected chi connectivity index (χ1v) is 14.1. The largest absolute Gasteiger partial charge is 0.378 e. The van der Waals surface area contributed by atoms with Gasteiger partial charge in [0.2, 0.25) is 17.7 Å². The molecule has 0 aliphatic carbocycles. The molecule has 0 bridgehead atoms. The van der Waals surface area contributed by atoms with E-state index in [4.69, 9.17) is 23.7 Å². The highest BCUT2D eigenvalue weighted by Crippen LogP contribution is 2.32. The van der Waals surface area contributed by atoms with Crippen LogP contribution in [0.5, 0.6) is 0 Å². The Bertz CT molecular complexity index is 1040. The molecule has 1 fully saturated rings. The third-order valence-electron chi connectivity index (χ3n) is 5.68. The lowest BCUT2D eigenvalue weighted by Gasteiger charge is -2.27. The number of hydrogen-bond donors (Lipinski definition) is 2. The van der Waals surface area contributed by atoms with Gasteiger partial charge in [0.15, 0.2) is 0 Å². The second-order valence-electron chi connectivity index (χ2n) is 8.41. The number of imide groups is 2. The van der Waals surface area contributed by atoms with Crippen molar-refractivity contribution in [2.24, 2.45) is 0 Å². The smallest absolute Gasteiger partial charge is 0.264 e. The number of hydrogen-bond acceptors (Lipinski definition) is 10. The molecular weight excluding hydrogens is 629 g/mol. The Labute approximate surface area is 239 Å². The normalized spacial score (nSPS) is 16.9. The molecular formula is C25H32IN3O10. The van der Waals surface area contributed by atoms with Crippen molar-refractivity contribution in [3.63, 3.8) is 0 Å². The first-order chi connectivity index (χ1) is 18.9. The summed E-state index contributed by atoms with van der Waals surface area (Å²) in [7, 11) is 0. The van der Waals surface area contributed by atoms with Crippen LogP contribution in [-0.2, 0) is 38.1 Å². The first kappa shape index (κ1) is 31.0. The van der Waals surface area contributed by atoms with Gasteiger partial charge in [0, 0.05) is 10.8 Å². The van der Waals surface area contributed by atoms with Crippen LogP contribution >= 0.6 is 22.6 Å². The third kappa shape index (κ3) is 9.29. The van der Waals surface area contributed by atoms with Crippen LogP contribution in [0.15, 0.2) is 18.2 Å². The number of alkyl halides is 1. The summed E-state index contributed by atoms with van der Waals surface area (Å²) in [4.78, 5) is 62.8. The molecule has 2 aliphatic heterocycles. The Morgan fingerprint density at radius 2 is 1.46 bits per heavy atom. The molecule has 1 atom stereocenters. The highest BCUT2D eigenvalue weighted by Gasteiger charge is 2.45. The van der Waals surface area contributed by atoms with Crippen molar-refractivity contribution in [1.82, 2.24) is 10.2 Å². The zero-order valence-electron chi connectivity index (χ0n) is 21.4. The third-order valence-corrected chi connectivity index (χ3v) is 6.13. The molecule has 0 aromatic heterocycles. The molecule has 5 amide bonds. The van der Waals surface area contributed by atoms with E-state index in [1.807, 2.05) is 0 Å². The molecule has 214 valence electrons. The maximum atomic E-state index is 13.1. The standard InChI is InChI=1S/C25H32IN3O10/c26-6-7-35-8-9-36-10-11-37-12-13-38-14-15-39-16-21(31)27-18-3-1-2-17-22(18)25(34)29(24(17)33)19-4-5-20(30)28-23(19)32/h1-3,19H,4-16H2,(H,27,31)(H,28,30,32). The number of halogens is 1. The summed E-state index contributed by atoms with van der Waals surface area (Å²) < 4.78 is 27.7. The molecule has 13 nitrogen and oxygen atoms in total. The van der Waals surface area contributed by atoms with Gasteiger partial charge in [-0.05, 0) is 18.6 Å². The fourth-order valence-electron chi connectivity index (χ4n) is 3.90. The van der Waals surface area contributed by atoms with Crippen molar-refractivity contribution in [2.45, 2.75) is 18.9 Å². The van der Waals surface area contributed by atoms with Gasteiger partial charge in [0.25, 0.3) is 11.8 Å². The quantitative estimate of drug-likeness (QED) is 0.0985. The number of rotatable bonds is 18. The summed E-state index contributed by atoms with van der Waals surface area (Å²) in [6.07, 6.45) is 0.0643. The van der Waals surface area contributed by atoms with Crippen LogP contribution in [-0.4, -0.2) is 111 Å². The number of nitrogens with one attached hydrogen (secondary N) is 2. The van der Waals surface area contributed by atoms with Gasteiger partial charge >= 0.3 is 0 Å². The molecule has 1 aromatic rings. The maximum Gasteiger partial charge on any atom is 0.264 e. The number of anilines is 1. The molecule has 3 rings (SSSR count). The van der Waals surface area contributed by atoms with Gasteiger partial charge in [-0.2, -0.15) is 0 Å². The molecule has 14 heteroatoms. The second kappa shape index (κ2) is 16.6. The predicted octanol–water partition coefficient (Wildman–Crippen LogP) is 0.544. The van der Waals surface area contributed by atoms with E-state index >= 15 is 0 Å². The van der Waals surface area contributed by atoms with Gasteiger partial charge in [-0.3, -0.25) is 34.2 Å². The van der Waals surface area contributed by atoms with Gasteiger partial charge in [-0.15, -0.1) is 0 Å². The van der Waals surface area contributed by atoms with Gasteiger partial charge in [-0.1, -0.05) is 28.7 Å². The summed E-state index contributed by atoms with van der Waals surface area (Å²) in [6, 6.07) is 3.38. The lowest BCUT2D eigenvalue weighted by atomic mass is 10.0. The van der Waals surface area contributed by atoms with Crippen LogP contribution in [0.1, 0.15) is 33.6 Å². The van der Waals surface area contributed by atoms with E-state index in [1.165, 1.54) is 18.2 Å². The van der Waals surface area contributed by atoms with E-state index in [-0.39, 0.29) is 49.5 Å². The van der Waals surface area contributed by atoms with Crippen LogP contribution in [0, 0.1) is 0 Å². The highest BCUT2D eigenvalue weighted by molar-refractivity contribution is 14.1. The molecule has 2 heterocycles. The number of benzene rings is 1. The molecule has 0 saturated carbocycles. The van der Waals surface area contributed by atoms with Crippen LogP contribution in [0.4, 0.5) is 5.69 Å². The minimum atomic E-state index is -1.09. The minimum Gasteiger partial charge on any atom is -0.378 e. The number of carbonyl (C=O) groups excluding carboxylic acids is 5. The highest BCUT2D eigenvalue weighted by atomic mass is 127. The molecule has 1 unspecified atom stereocenters. The van der Waals surface area contributed by atoms with Crippen molar-refractivity contribution in [1.29, 1.82) is 0 Å². The number of carbonyl (C=O) groups is 5. The van der Waals surface area contributed by atoms with Crippen LogP contribution in [0.25, 0.3) is 0 Å². The van der Waals surface area contributed by atoms with Crippen LogP contribution in [0.3, 0.4) is 0 Å². The Morgan fingerprint density at radius 1 is 0.872 bits per heavy atom. The average Bonchev–Trinajstić information content (AvgIpc) is 3.17. The van der Waals surface area contributed by atoms with E-state index < -0.39 is 35.6 Å². The molecule has 0 radical (unpaired) electrons. The molecule has 0 spiro atoms. The lowest BCUT2D eigenvalue weighted by molar-refractivity contribution is -0.136. The second-order valence-corrected chi connectivity index (χ2v) is 9.49. The first-order valence-electron chi connectivity index (χ1n) is 12.5. The Kier molecular flexibility index (Phi) is 13.2. The summed E-state index contributed by atoms with van der Waals surface area (Å²) >= 11 is 2.24. The fourth-order valence-corrected chi connectivity index (χ4v) is 4.22. The molecule has 39 heavy (non-hydrogen) atoms. The number of piperidine rings is 1. The van der Waals surface area contributed by atoms with Gasteiger partial charge < -0.3 is 29.0 Å². The molecule has 1 saturated heterocycles.